The number of benzene rings is 2. The molecule has 3 rings (SSSR count). The van der Waals surface area contributed by atoms with E-state index < -0.39 is 0 Å². The van der Waals surface area contributed by atoms with Crippen molar-refractivity contribution in [2.24, 2.45) is 0 Å². The van der Waals surface area contributed by atoms with Crippen molar-refractivity contribution in [3.05, 3.63) is 59.9 Å². The number of anilines is 1. The second kappa shape index (κ2) is 9.16. The monoisotopic (exact) mass is 395 g/mol. The highest BCUT2D eigenvalue weighted by atomic mass is 16.5. The van der Waals surface area contributed by atoms with Crippen LogP contribution in [0, 0.1) is 6.92 Å². The molecule has 2 N–H and O–H groups in total. The van der Waals surface area contributed by atoms with E-state index in [2.05, 4.69) is 31.1 Å². The zero-order valence-electron chi connectivity index (χ0n) is 17.0. The molecule has 152 valence electrons. The van der Waals surface area contributed by atoms with Crippen LogP contribution in [0.3, 0.4) is 0 Å². The quantitative estimate of drug-likeness (QED) is 0.638. The Morgan fingerprint density at radius 2 is 2.07 bits per heavy atom. The smallest absolute Gasteiger partial charge is 0.319 e. The molecule has 0 saturated carbocycles. The van der Waals surface area contributed by atoms with E-state index in [1.165, 1.54) is 6.33 Å². The van der Waals surface area contributed by atoms with Crippen molar-refractivity contribution >= 4 is 11.7 Å². The first-order valence-corrected chi connectivity index (χ1v) is 9.17. The van der Waals surface area contributed by atoms with Crippen molar-refractivity contribution in [1.29, 1.82) is 0 Å². The zero-order valence-corrected chi connectivity index (χ0v) is 17.0. The molecule has 9 nitrogen and oxygen atoms in total. The highest BCUT2D eigenvalue weighted by molar-refractivity contribution is 5.89. The Labute approximate surface area is 169 Å². The summed E-state index contributed by atoms with van der Waals surface area (Å²) in [5.74, 6) is 0.786. The Morgan fingerprint density at radius 1 is 1.24 bits per heavy atom. The number of ether oxygens (including phenoxy) is 1. The molecular weight excluding hydrogens is 370 g/mol. The van der Waals surface area contributed by atoms with Gasteiger partial charge < -0.3 is 20.3 Å². The summed E-state index contributed by atoms with van der Waals surface area (Å²) in [6, 6.07) is 13.1. The number of urea groups is 1. The first kappa shape index (κ1) is 20.3. The molecule has 0 radical (unpaired) electrons. The number of nitrogens with one attached hydrogen (secondary N) is 2. The van der Waals surface area contributed by atoms with Gasteiger partial charge in [-0.2, -0.15) is 0 Å². The zero-order chi connectivity index (χ0) is 20.8. The Morgan fingerprint density at radius 3 is 2.76 bits per heavy atom. The summed E-state index contributed by atoms with van der Waals surface area (Å²) in [6.45, 7) is 2.40. The summed E-state index contributed by atoms with van der Waals surface area (Å²) >= 11 is 0. The molecule has 2 aromatic carbocycles. The van der Waals surface area contributed by atoms with Crippen molar-refractivity contribution in [2.75, 3.05) is 33.1 Å². The van der Waals surface area contributed by atoms with Gasteiger partial charge in [0.2, 0.25) is 0 Å². The van der Waals surface area contributed by atoms with Crippen LogP contribution in [0.25, 0.3) is 5.69 Å². The molecule has 0 aliphatic heterocycles. The van der Waals surface area contributed by atoms with Gasteiger partial charge in [0.1, 0.15) is 12.1 Å². The predicted molar refractivity (Wildman–Crippen MR) is 110 cm³/mol. The van der Waals surface area contributed by atoms with Crippen molar-refractivity contribution in [2.45, 2.75) is 13.0 Å². The first-order chi connectivity index (χ1) is 14.0. The number of carbonyl (C=O) groups excluding carboxylic acids is 1. The number of likely N-dealkylation sites (N-methyl/N-ethyl adjacent to an activating group) is 1. The lowest BCUT2D eigenvalue weighted by molar-refractivity contribution is 0.243. The highest BCUT2D eigenvalue weighted by Gasteiger charge is 2.16. The van der Waals surface area contributed by atoms with Gasteiger partial charge in [0, 0.05) is 12.2 Å². The van der Waals surface area contributed by atoms with Gasteiger partial charge in [-0.05, 0) is 66.8 Å². The molecule has 0 spiro atoms. The number of tetrazole rings is 1. The van der Waals surface area contributed by atoms with Gasteiger partial charge in [-0.3, -0.25) is 0 Å². The number of aryl methyl sites for hydroxylation is 1. The number of amides is 2. The maximum atomic E-state index is 12.5. The van der Waals surface area contributed by atoms with E-state index in [9.17, 15) is 4.79 Å². The molecular formula is C20H25N7O2. The van der Waals surface area contributed by atoms with Gasteiger partial charge >= 0.3 is 6.03 Å². The third kappa shape index (κ3) is 5.08. The first-order valence-electron chi connectivity index (χ1n) is 9.17. The van der Waals surface area contributed by atoms with E-state index in [0.717, 1.165) is 22.6 Å². The van der Waals surface area contributed by atoms with Crippen LogP contribution in [0.2, 0.25) is 0 Å². The van der Waals surface area contributed by atoms with Crippen LogP contribution in [-0.2, 0) is 0 Å². The summed E-state index contributed by atoms with van der Waals surface area (Å²) < 4.78 is 6.87. The molecule has 0 fully saturated rings. The van der Waals surface area contributed by atoms with E-state index in [1.54, 1.807) is 11.8 Å². The van der Waals surface area contributed by atoms with E-state index in [0.29, 0.717) is 12.2 Å². The number of nitrogens with zero attached hydrogens (tertiary/aromatic N) is 5. The minimum atomic E-state index is -0.286. The minimum absolute atomic E-state index is 0.00523. The molecule has 0 aliphatic carbocycles. The summed E-state index contributed by atoms with van der Waals surface area (Å²) in [5, 5.41) is 17.0. The molecule has 9 heteroatoms. The highest BCUT2D eigenvalue weighted by Crippen LogP contribution is 2.22. The Hall–Kier alpha value is -3.46. The molecule has 1 atom stereocenters. The molecule has 0 unspecified atom stereocenters. The fraction of sp³-hybridized carbons (Fsp3) is 0.300. The second-order valence-electron chi connectivity index (χ2n) is 6.85. The maximum Gasteiger partial charge on any atom is 0.319 e. The van der Waals surface area contributed by atoms with Gasteiger partial charge in [0.25, 0.3) is 0 Å². The standard InChI is InChI=1S/C20H25N7O2/c1-14-8-9-16(11-18(14)27-13-22-24-25-27)23-20(28)21-12-19(26(2)3)15-6-5-7-17(10-15)29-4/h5-11,13,19H,12H2,1-4H3,(H2,21,23,28)/t19-/m0/s1. The molecule has 0 bridgehead atoms. The van der Waals surface area contributed by atoms with Crippen molar-refractivity contribution in [3.63, 3.8) is 0 Å². The normalized spacial score (nSPS) is 11.9. The average Bonchev–Trinajstić information content (AvgIpc) is 3.24. The maximum absolute atomic E-state index is 12.5. The molecule has 2 amide bonds. The van der Waals surface area contributed by atoms with E-state index >= 15 is 0 Å². The van der Waals surface area contributed by atoms with E-state index in [4.69, 9.17) is 4.74 Å². The number of carbonyl (C=O) groups is 1. The Kier molecular flexibility index (Phi) is 6.40. The second-order valence-corrected chi connectivity index (χ2v) is 6.85. The topological polar surface area (TPSA) is 97.2 Å². The van der Waals surface area contributed by atoms with Gasteiger partial charge in [0.05, 0.1) is 18.8 Å². The molecule has 29 heavy (non-hydrogen) atoms. The SMILES string of the molecule is COc1cccc([C@H](CNC(=O)Nc2ccc(C)c(-n3cnnn3)c2)N(C)C)c1. The van der Waals surface area contributed by atoms with Crippen LogP contribution >= 0.6 is 0 Å². The lowest BCUT2D eigenvalue weighted by Crippen LogP contribution is -2.36. The van der Waals surface area contributed by atoms with E-state index in [-0.39, 0.29) is 12.1 Å². The van der Waals surface area contributed by atoms with E-state index in [1.807, 2.05) is 63.5 Å². The van der Waals surface area contributed by atoms with Crippen LogP contribution in [0.15, 0.2) is 48.8 Å². The van der Waals surface area contributed by atoms with Crippen molar-refractivity contribution < 1.29 is 9.53 Å². The summed E-state index contributed by atoms with van der Waals surface area (Å²) in [4.78, 5) is 14.5. The third-order valence-corrected chi connectivity index (χ3v) is 4.62. The molecule has 3 aromatic rings. The van der Waals surface area contributed by atoms with Crippen molar-refractivity contribution in [3.8, 4) is 11.4 Å². The number of aromatic nitrogens is 4. The molecule has 0 aliphatic rings. The largest absolute Gasteiger partial charge is 0.497 e. The van der Waals surface area contributed by atoms with Crippen molar-refractivity contribution in [1.82, 2.24) is 30.4 Å². The number of methoxy groups -OCH3 is 1. The Balaban J connectivity index is 1.66. The fourth-order valence-electron chi connectivity index (χ4n) is 3.02. The van der Waals surface area contributed by atoms with Gasteiger partial charge in [-0.25, -0.2) is 9.48 Å². The van der Waals surface area contributed by atoms with Crippen LogP contribution in [0.5, 0.6) is 5.75 Å². The lowest BCUT2D eigenvalue weighted by atomic mass is 10.1. The summed E-state index contributed by atoms with van der Waals surface area (Å²) in [7, 11) is 5.59. The molecule has 1 aromatic heterocycles. The molecule has 1 heterocycles. The van der Waals surface area contributed by atoms with Crippen LogP contribution in [0.4, 0.5) is 10.5 Å². The fourth-order valence-corrected chi connectivity index (χ4v) is 3.02. The van der Waals surface area contributed by atoms with Gasteiger partial charge in [-0.1, -0.05) is 18.2 Å². The van der Waals surface area contributed by atoms with Gasteiger partial charge in [0.15, 0.2) is 0 Å². The summed E-state index contributed by atoms with van der Waals surface area (Å²) in [5.41, 5.74) is 3.51. The van der Waals surface area contributed by atoms with Crippen LogP contribution < -0.4 is 15.4 Å². The predicted octanol–water partition coefficient (Wildman–Crippen LogP) is 2.40. The lowest BCUT2D eigenvalue weighted by Gasteiger charge is -2.25. The Bertz CT molecular complexity index is 957. The van der Waals surface area contributed by atoms with Crippen LogP contribution in [-0.4, -0.2) is 58.9 Å². The minimum Gasteiger partial charge on any atom is -0.497 e. The number of hydrogen-bond acceptors (Lipinski definition) is 6. The van der Waals surface area contributed by atoms with Crippen LogP contribution in [0.1, 0.15) is 17.2 Å². The third-order valence-electron chi connectivity index (χ3n) is 4.62. The molecule has 0 saturated heterocycles. The average molecular weight is 395 g/mol. The number of hydrogen-bond donors (Lipinski definition) is 2. The van der Waals surface area contributed by atoms with Gasteiger partial charge in [-0.15, -0.1) is 5.10 Å². The number of rotatable bonds is 7. The summed E-state index contributed by atoms with van der Waals surface area (Å²) in [6.07, 6.45) is 1.52.